The third-order valence-electron chi connectivity index (χ3n) is 6.40. The molecule has 280 valence electrons. The molecular formula is C36H72N2O9. The maximum Gasteiger partial charge on any atom is 0.408 e. The van der Waals surface area contributed by atoms with Crippen LogP contribution < -0.4 is 10.6 Å². The van der Waals surface area contributed by atoms with E-state index in [1.54, 1.807) is 41.5 Å². The van der Waals surface area contributed by atoms with Crippen molar-refractivity contribution in [2.24, 2.45) is 0 Å². The van der Waals surface area contributed by atoms with E-state index >= 15 is 0 Å². The first-order valence-electron chi connectivity index (χ1n) is 17.9. The summed E-state index contributed by atoms with van der Waals surface area (Å²) < 4.78 is 15.4. The van der Waals surface area contributed by atoms with E-state index < -0.39 is 41.9 Å². The molecule has 0 aliphatic rings. The number of rotatable bonds is 21. The Hall–Kier alpha value is -2.56. The number of aliphatic hydroxyl groups excluding tert-OH is 1. The first kappa shape index (κ1) is 48.8. The van der Waals surface area contributed by atoms with Crippen LogP contribution in [0.25, 0.3) is 0 Å². The van der Waals surface area contributed by atoms with Crippen molar-refractivity contribution in [1.82, 2.24) is 10.6 Å². The predicted molar refractivity (Wildman–Crippen MR) is 189 cm³/mol. The van der Waals surface area contributed by atoms with Gasteiger partial charge in [0.15, 0.2) is 0 Å². The topological polar surface area (TPSA) is 160 Å². The molecule has 0 saturated carbocycles. The monoisotopic (exact) mass is 677 g/mol. The normalized spacial score (nSPS) is 11.1. The van der Waals surface area contributed by atoms with Gasteiger partial charge in [0.2, 0.25) is 0 Å². The minimum absolute atomic E-state index is 0.0249. The van der Waals surface area contributed by atoms with Crippen molar-refractivity contribution in [3.05, 3.63) is 0 Å². The van der Waals surface area contributed by atoms with E-state index in [-0.39, 0.29) is 18.8 Å². The molecule has 0 saturated heterocycles. The molecule has 4 N–H and O–H groups in total. The summed E-state index contributed by atoms with van der Waals surface area (Å²) in [6.45, 7) is 18.6. The van der Waals surface area contributed by atoms with Gasteiger partial charge in [-0.25, -0.2) is 9.59 Å². The van der Waals surface area contributed by atoms with Crippen molar-refractivity contribution in [2.75, 3.05) is 13.1 Å². The van der Waals surface area contributed by atoms with Crippen molar-refractivity contribution in [1.29, 1.82) is 0 Å². The van der Waals surface area contributed by atoms with Gasteiger partial charge in [-0.3, -0.25) is 9.59 Å². The van der Waals surface area contributed by atoms with Crippen LogP contribution in [0, 0.1) is 0 Å². The second-order valence-corrected chi connectivity index (χ2v) is 13.9. The first-order valence-corrected chi connectivity index (χ1v) is 17.9. The number of aliphatic hydroxyl groups is 1. The van der Waals surface area contributed by atoms with E-state index in [1.807, 2.05) is 0 Å². The van der Waals surface area contributed by atoms with Crippen LogP contribution in [0.3, 0.4) is 0 Å². The number of hydrogen-bond acceptors (Lipinski definition) is 8. The zero-order valence-corrected chi connectivity index (χ0v) is 31.6. The van der Waals surface area contributed by atoms with Gasteiger partial charge in [-0.15, -0.1) is 0 Å². The minimum atomic E-state index is -1.10. The van der Waals surface area contributed by atoms with Gasteiger partial charge < -0.3 is 35.1 Å². The van der Waals surface area contributed by atoms with Gasteiger partial charge in [0.25, 0.3) is 0 Å². The number of carbonyl (C=O) groups excluding carboxylic acids is 3. The minimum Gasteiger partial charge on any atom is -0.480 e. The number of ether oxygens (including phenoxy) is 3. The molecule has 47 heavy (non-hydrogen) atoms. The lowest BCUT2D eigenvalue weighted by Crippen LogP contribution is -2.37. The molecule has 0 unspecified atom stereocenters. The third kappa shape index (κ3) is 43.4. The van der Waals surface area contributed by atoms with Crippen molar-refractivity contribution >= 4 is 24.1 Å². The average Bonchev–Trinajstić information content (AvgIpc) is 2.94. The molecule has 0 aromatic rings. The molecule has 2 amide bonds. The fourth-order valence-electron chi connectivity index (χ4n) is 4.06. The van der Waals surface area contributed by atoms with Gasteiger partial charge in [-0.05, 0) is 80.1 Å². The van der Waals surface area contributed by atoms with Crippen molar-refractivity contribution in [3.63, 3.8) is 0 Å². The van der Waals surface area contributed by atoms with Gasteiger partial charge in [0, 0.05) is 0 Å². The molecule has 0 aliphatic heterocycles. The summed E-state index contributed by atoms with van der Waals surface area (Å²) >= 11 is 0. The van der Waals surface area contributed by atoms with Gasteiger partial charge in [0.1, 0.15) is 30.4 Å². The number of carbonyl (C=O) groups is 4. The summed E-state index contributed by atoms with van der Waals surface area (Å²) in [5.41, 5.74) is -1.17. The fourth-order valence-corrected chi connectivity index (χ4v) is 4.06. The molecule has 0 aliphatic carbocycles. The Morgan fingerprint density at radius 3 is 1.23 bits per heavy atom. The van der Waals surface area contributed by atoms with Crippen LogP contribution in [0.2, 0.25) is 0 Å². The second-order valence-electron chi connectivity index (χ2n) is 13.9. The SMILES string of the molecule is CC(C)(C)OC(=O)NCC(=O)O.CCCCCC(CCCCC)OC(=O)CNC(=O)OC(C)(C)C.CCCCCC(O)CCCCC. The Bertz CT molecular complexity index is 772. The first-order chi connectivity index (χ1) is 21.9. The van der Waals surface area contributed by atoms with Crippen molar-refractivity contribution in [3.8, 4) is 0 Å². The Kier molecular flexibility index (Phi) is 32.0. The number of nitrogens with one attached hydrogen (secondary N) is 2. The number of carboxylic acid groups (broad SMARTS) is 1. The Balaban J connectivity index is -0.000000680. The number of alkyl carbamates (subject to hydrolysis) is 2. The number of esters is 1. The van der Waals surface area contributed by atoms with Crippen LogP contribution in [0.5, 0.6) is 0 Å². The molecule has 0 bridgehead atoms. The van der Waals surface area contributed by atoms with Crippen molar-refractivity contribution in [2.45, 2.75) is 195 Å². The second kappa shape index (κ2) is 30.8. The quantitative estimate of drug-likeness (QED) is 0.0529. The van der Waals surface area contributed by atoms with E-state index in [0.29, 0.717) is 0 Å². The van der Waals surface area contributed by atoms with Crippen LogP contribution in [-0.4, -0.2) is 70.8 Å². The smallest absolute Gasteiger partial charge is 0.408 e. The summed E-state index contributed by atoms with van der Waals surface area (Å²) in [4.78, 5) is 44.2. The molecule has 11 nitrogen and oxygen atoms in total. The van der Waals surface area contributed by atoms with Crippen LogP contribution in [0.4, 0.5) is 9.59 Å². The van der Waals surface area contributed by atoms with Gasteiger partial charge in [0.05, 0.1) is 6.10 Å². The summed E-state index contributed by atoms with van der Waals surface area (Å²) in [6, 6.07) is 0. The molecule has 0 aromatic heterocycles. The molecule has 11 heteroatoms. The maximum atomic E-state index is 11.9. The summed E-state index contributed by atoms with van der Waals surface area (Å²) in [5, 5.41) is 22.2. The molecule has 0 atom stereocenters. The molecule has 0 radical (unpaired) electrons. The van der Waals surface area contributed by atoms with Crippen LogP contribution >= 0.6 is 0 Å². The zero-order chi connectivity index (χ0) is 36.7. The number of unbranched alkanes of at least 4 members (excludes halogenated alkanes) is 8. The largest absolute Gasteiger partial charge is 0.480 e. The Labute approximate surface area is 286 Å². The molecule has 0 heterocycles. The van der Waals surface area contributed by atoms with Crippen molar-refractivity contribution < 1.29 is 43.6 Å². The summed E-state index contributed by atoms with van der Waals surface area (Å²) in [6.07, 6.45) is 16.6. The van der Waals surface area contributed by atoms with Gasteiger partial charge in [-0.1, -0.05) is 91.9 Å². The highest BCUT2D eigenvalue weighted by Crippen LogP contribution is 2.15. The number of hydrogen-bond donors (Lipinski definition) is 4. The number of amides is 2. The van der Waals surface area contributed by atoms with E-state index in [1.165, 1.54) is 38.5 Å². The molecule has 0 aromatic carbocycles. The van der Waals surface area contributed by atoms with E-state index in [9.17, 15) is 24.3 Å². The Morgan fingerprint density at radius 2 is 0.915 bits per heavy atom. The van der Waals surface area contributed by atoms with Crippen LogP contribution in [0.1, 0.15) is 172 Å². The Morgan fingerprint density at radius 1 is 0.574 bits per heavy atom. The van der Waals surface area contributed by atoms with Crippen LogP contribution in [0.15, 0.2) is 0 Å². The molecule has 0 rings (SSSR count). The highest BCUT2D eigenvalue weighted by molar-refractivity contribution is 5.78. The predicted octanol–water partition coefficient (Wildman–Crippen LogP) is 8.69. The highest BCUT2D eigenvalue weighted by atomic mass is 16.6. The molecule has 0 fully saturated rings. The standard InChI is InChI=1S/C18H35NO4.C11H24O.C7H13NO4/c1-6-8-10-12-15(13-11-9-7-2)22-16(20)14-19-17(21)23-18(3,4)5;1-3-5-7-9-11(12)10-8-6-4-2;1-7(2,3)12-6(11)8-4-5(9)10/h15H,6-14H2,1-5H3,(H,19,21);11-12H,3-10H2,1-2H3;4H2,1-3H3,(H,8,11)(H,9,10). The van der Waals surface area contributed by atoms with Crippen LogP contribution in [-0.2, 0) is 23.8 Å². The molecular weight excluding hydrogens is 604 g/mol. The van der Waals surface area contributed by atoms with Gasteiger partial charge >= 0.3 is 24.1 Å². The lowest BCUT2D eigenvalue weighted by Gasteiger charge is -2.20. The third-order valence-corrected chi connectivity index (χ3v) is 6.40. The van der Waals surface area contributed by atoms with Gasteiger partial charge in [-0.2, -0.15) is 0 Å². The highest BCUT2D eigenvalue weighted by Gasteiger charge is 2.19. The van der Waals surface area contributed by atoms with E-state index in [0.717, 1.165) is 64.2 Å². The maximum absolute atomic E-state index is 11.9. The number of aliphatic carboxylic acids is 1. The summed E-state index contributed by atoms with van der Waals surface area (Å²) in [5.74, 6) is -1.49. The van der Waals surface area contributed by atoms with E-state index in [2.05, 4.69) is 38.3 Å². The number of carboxylic acids is 1. The lowest BCUT2D eigenvalue weighted by atomic mass is 10.0. The lowest BCUT2D eigenvalue weighted by molar-refractivity contribution is -0.148. The zero-order valence-electron chi connectivity index (χ0n) is 31.6. The fraction of sp³-hybridized carbons (Fsp3) is 0.889. The van der Waals surface area contributed by atoms with E-state index in [4.69, 9.17) is 19.3 Å². The summed E-state index contributed by atoms with van der Waals surface area (Å²) in [7, 11) is 0. The average molecular weight is 677 g/mol. The molecule has 0 spiro atoms.